The van der Waals surface area contributed by atoms with Crippen LogP contribution in [0.25, 0.3) is 11.8 Å². The molecule has 1 atom stereocenters. The van der Waals surface area contributed by atoms with E-state index in [2.05, 4.69) is 10.1 Å². The predicted molar refractivity (Wildman–Crippen MR) is 100 cm³/mol. The summed E-state index contributed by atoms with van der Waals surface area (Å²) in [6, 6.07) is 9.28. The van der Waals surface area contributed by atoms with Gasteiger partial charge in [-0.05, 0) is 53.9 Å². The highest BCUT2D eigenvalue weighted by Crippen LogP contribution is 2.38. The normalized spacial score (nSPS) is 13.3. The number of halogens is 5. The minimum atomic E-state index is -4.47. The van der Waals surface area contributed by atoms with Crippen LogP contribution in [0.1, 0.15) is 22.6 Å². The fraction of sp³-hybridized carbons (Fsp3) is 0.158. The van der Waals surface area contributed by atoms with Crippen molar-refractivity contribution in [2.75, 3.05) is 0 Å². The standard InChI is InChI=1S/C19H14Cl2F3N3/c1-12-6-17(27-11-25-10-26-27)4-2-13(12)3-5-18(19(22,23)24)14-7-15(20)9-16(21)8-14/h2-11,18H,1H3. The first-order valence-corrected chi connectivity index (χ1v) is 8.66. The lowest BCUT2D eigenvalue weighted by Gasteiger charge is -2.18. The quantitative estimate of drug-likeness (QED) is 0.508. The van der Waals surface area contributed by atoms with Gasteiger partial charge in [0, 0.05) is 10.0 Å². The number of hydrogen-bond donors (Lipinski definition) is 0. The summed E-state index contributed by atoms with van der Waals surface area (Å²) in [5.74, 6) is -1.82. The van der Waals surface area contributed by atoms with Crippen LogP contribution in [-0.2, 0) is 0 Å². The van der Waals surface area contributed by atoms with Crippen LogP contribution in [0.3, 0.4) is 0 Å². The molecule has 0 aliphatic rings. The average molecular weight is 412 g/mol. The van der Waals surface area contributed by atoms with Crippen molar-refractivity contribution in [2.24, 2.45) is 0 Å². The van der Waals surface area contributed by atoms with Crippen molar-refractivity contribution >= 4 is 29.3 Å². The van der Waals surface area contributed by atoms with Gasteiger partial charge in [0.2, 0.25) is 0 Å². The van der Waals surface area contributed by atoms with E-state index in [4.69, 9.17) is 23.2 Å². The van der Waals surface area contributed by atoms with Gasteiger partial charge in [-0.3, -0.25) is 0 Å². The van der Waals surface area contributed by atoms with Crippen LogP contribution in [0.4, 0.5) is 13.2 Å². The van der Waals surface area contributed by atoms with E-state index in [0.29, 0.717) is 5.56 Å². The zero-order valence-electron chi connectivity index (χ0n) is 14.1. The summed E-state index contributed by atoms with van der Waals surface area (Å²) >= 11 is 11.7. The number of nitrogens with zero attached hydrogens (tertiary/aromatic N) is 3. The van der Waals surface area contributed by atoms with Crippen molar-refractivity contribution in [3.05, 3.63) is 81.9 Å². The van der Waals surface area contributed by atoms with Gasteiger partial charge in [0.05, 0.1) is 11.6 Å². The van der Waals surface area contributed by atoms with E-state index >= 15 is 0 Å². The van der Waals surface area contributed by atoms with Gasteiger partial charge in [0.25, 0.3) is 0 Å². The molecule has 3 rings (SSSR count). The molecule has 140 valence electrons. The van der Waals surface area contributed by atoms with Crippen molar-refractivity contribution < 1.29 is 13.2 Å². The number of rotatable bonds is 4. The SMILES string of the molecule is Cc1cc(-n2cncn2)ccc1C=CC(c1cc(Cl)cc(Cl)c1)C(F)(F)F. The van der Waals surface area contributed by atoms with E-state index in [0.717, 1.165) is 17.3 Å². The molecule has 2 aromatic carbocycles. The summed E-state index contributed by atoms with van der Waals surface area (Å²) in [7, 11) is 0. The van der Waals surface area contributed by atoms with E-state index in [-0.39, 0.29) is 15.6 Å². The van der Waals surface area contributed by atoms with Gasteiger partial charge in [0.15, 0.2) is 0 Å². The number of benzene rings is 2. The molecule has 3 aromatic rings. The summed E-state index contributed by atoms with van der Waals surface area (Å²) in [5.41, 5.74) is 2.25. The van der Waals surface area contributed by atoms with E-state index in [9.17, 15) is 13.2 Å². The Labute approximate surface area is 164 Å². The van der Waals surface area contributed by atoms with Crippen LogP contribution >= 0.6 is 23.2 Å². The van der Waals surface area contributed by atoms with Gasteiger partial charge in [-0.15, -0.1) is 0 Å². The predicted octanol–water partition coefficient (Wildman–Crippen LogP) is 6.24. The molecule has 1 aromatic heterocycles. The van der Waals surface area contributed by atoms with Crippen LogP contribution in [0.5, 0.6) is 0 Å². The third-order valence-electron chi connectivity index (χ3n) is 4.00. The molecule has 0 amide bonds. The van der Waals surface area contributed by atoms with E-state index in [1.807, 2.05) is 13.0 Å². The van der Waals surface area contributed by atoms with Crippen LogP contribution in [0.2, 0.25) is 10.0 Å². The third-order valence-corrected chi connectivity index (χ3v) is 4.44. The highest BCUT2D eigenvalue weighted by atomic mass is 35.5. The van der Waals surface area contributed by atoms with E-state index in [1.165, 1.54) is 30.6 Å². The van der Waals surface area contributed by atoms with Crippen molar-refractivity contribution in [3.63, 3.8) is 0 Å². The van der Waals surface area contributed by atoms with Gasteiger partial charge in [-0.1, -0.05) is 41.4 Å². The molecule has 0 saturated carbocycles. The summed E-state index contributed by atoms with van der Waals surface area (Å²) in [4.78, 5) is 3.88. The first-order chi connectivity index (χ1) is 12.7. The summed E-state index contributed by atoms with van der Waals surface area (Å²) in [6.45, 7) is 1.82. The molecule has 0 spiro atoms. The molecule has 3 nitrogen and oxygen atoms in total. The van der Waals surface area contributed by atoms with Crippen molar-refractivity contribution in [1.82, 2.24) is 14.8 Å². The third kappa shape index (κ3) is 4.70. The number of aromatic nitrogens is 3. The monoisotopic (exact) mass is 411 g/mol. The van der Waals surface area contributed by atoms with Gasteiger partial charge < -0.3 is 0 Å². The smallest absolute Gasteiger partial charge is 0.223 e. The van der Waals surface area contributed by atoms with Gasteiger partial charge in [-0.25, -0.2) is 9.67 Å². The van der Waals surface area contributed by atoms with E-state index in [1.54, 1.807) is 23.1 Å². The molecule has 0 saturated heterocycles. The molecule has 0 N–H and O–H groups in total. The molecule has 1 unspecified atom stereocenters. The van der Waals surface area contributed by atoms with Gasteiger partial charge in [0.1, 0.15) is 12.7 Å². The maximum atomic E-state index is 13.6. The highest BCUT2D eigenvalue weighted by Gasteiger charge is 2.39. The fourth-order valence-corrected chi connectivity index (χ4v) is 3.24. The molecule has 0 radical (unpaired) electrons. The molecular weight excluding hydrogens is 398 g/mol. The first kappa shape index (κ1) is 19.5. The lowest BCUT2D eigenvalue weighted by molar-refractivity contribution is -0.139. The van der Waals surface area contributed by atoms with Gasteiger partial charge in [-0.2, -0.15) is 18.3 Å². The minimum absolute atomic E-state index is 0.00635. The van der Waals surface area contributed by atoms with Crippen molar-refractivity contribution in [1.29, 1.82) is 0 Å². The number of allylic oxidation sites excluding steroid dienone is 1. The lowest BCUT2D eigenvalue weighted by Crippen LogP contribution is -2.18. The number of aryl methyl sites for hydroxylation is 1. The Bertz CT molecular complexity index is 947. The van der Waals surface area contributed by atoms with Crippen LogP contribution in [0, 0.1) is 6.92 Å². The minimum Gasteiger partial charge on any atom is -0.223 e. The molecular formula is C19H14Cl2F3N3. The molecule has 0 fully saturated rings. The Morgan fingerprint density at radius 1 is 1.07 bits per heavy atom. The summed E-state index contributed by atoms with van der Waals surface area (Å²) in [5, 5.41) is 4.36. The van der Waals surface area contributed by atoms with E-state index < -0.39 is 12.1 Å². The van der Waals surface area contributed by atoms with Crippen molar-refractivity contribution in [2.45, 2.75) is 19.0 Å². The van der Waals surface area contributed by atoms with Crippen LogP contribution < -0.4 is 0 Å². The van der Waals surface area contributed by atoms with Gasteiger partial charge >= 0.3 is 6.18 Å². The zero-order valence-corrected chi connectivity index (χ0v) is 15.6. The zero-order chi connectivity index (χ0) is 19.6. The Morgan fingerprint density at radius 2 is 1.78 bits per heavy atom. The van der Waals surface area contributed by atoms with Crippen molar-refractivity contribution in [3.8, 4) is 5.69 Å². The maximum Gasteiger partial charge on any atom is 0.399 e. The Hall–Kier alpha value is -2.31. The lowest BCUT2D eigenvalue weighted by atomic mass is 9.96. The average Bonchev–Trinajstić information content (AvgIpc) is 3.08. The second-order valence-electron chi connectivity index (χ2n) is 5.96. The molecule has 1 heterocycles. The largest absolute Gasteiger partial charge is 0.399 e. The maximum absolute atomic E-state index is 13.6. The van der Waals surface area contributed by atoms with Crippen LogP contribution in [0.15, 0.2) is 55.1 Å². The van der Waals surface area contributed by atoms with Crippen LogP contribution in [-0.4, -0.2) is 20.9 Å². The highest BCUT2D eigenvalue weighted by molar-refractivity contribution is 6.34. The Balaban J connectivity index is 1.93. The molecule has 0 aliphatic heterocycles. The number of alkyl halides is 3. The Kier molecular flexibility index (Phi) is 5.58. The Morgan fingerprint density at radius 3 is 2.33 bits per heavy atom. The second kappa shape index (κ2) is 7.74. The fourth-order valence-electron chi connectivity index (χ4n) is 2.69. The molecule has 8 heteroatoms. The first-order valence-electron chi connectivity index (χ1n) is 7.90. The second-order valence-corrected chi connectivity index (χ2v) is 6.83. The topological polar surface area (TPSA) is 30.7 Å². The molecule has 27 heavy (non-hydrogen) atoms. The molecule has 0 aliphatic carbocycles. The molecule has 0 bridgehead atoms. The number of hydrogen-bond acceptors (Lipinski definition) is 2. The summed E-state index contributed by atoms with van der Waals surface area (Å²) in [6.07, 6.45) is 1.05. The summed E-state index contributed by atoms with van der Waals surface area (Å²) < 4.78 is 42.3.